The van der Waals surface area contributed by atoms with Gasteiger partial charge < -0.3 is 5.11 Å². The van der Waals surface area contributed by atoms with E-state index in [1.165, 1.54) is 0 Å². The summed E-state index contributed by atoms with van der Waals surface area (Å²) >= 11 is 0. The van der Waals surface area contributed by atoms with Gasteiger partial charge in [-0.1, -0.05) is 121 Å². The normalized spacial score (nSPS) is 18.8. The van der Waals surface area contributed by atoms with Crippen molar-refractivity contribution < 1.29 is 5.11 Å². The molecular weight excluding hydrogens is 412 g/mol. The molecule has 0 saturated carbocycles. The molecular formula is C33H24O. The summed E-state index contributed by atoms with van der Waals surface area (Å²) in [7, 11) is 0. The van der Waals surface area contributed by atoms with Crippen LogP contribution in [0.2, 0.25) is 0 Å². The second kappa shape index (κ2) is 8.62. The highest BCUT2D eigenvalue weighted by atomic mass is 16.3. The van der Waals surface area contributed by atoms with Crippen molar-refractivity contribution in [2.45, 2.75) is 6.10 Å². The highest BCUT2D eigenvalue weighted by Crippen LogP contribution is 2.34. The van der Waals surface area contributed by atoms with Gasteiger partial charge in [-0.2, -0.15) is 0 Å². The van der Waals surface area contributed by atoms with Crippen molar-refractivity contribution in [3.63, 3.8) is 0 Å². The molecule has 1 N–H and O–H groups in total. The Kier molecular flexibility index (Phi) is 5.18. The molecule has 4 aromatic rings. The van der Waals surface area contributed by atoms with Gasteiger partial charge in [0.25, 0.3) is 0 Å². The molecule has 8 aliphatic rings. The minimum atomic E-state index is -0.798. The van der Waals surface area contributed by atoms with E-state index in [0.717, 1.165) is 55.7 Å². The first-order chi connectivity index (χ1) is 16.7. The zero-order chi connectivity index (χ0) is 22.9. The molecule has 12 rings (SSSR count). The highest BCUT2D eigenvalue weighted by molar-refractivity contribution is 5.97. The van der Waals surface area contributed by atoms with Crippen molar-refractivity contribution in [1.29, 1.82) is 0 Å². The Hall–Kier alpha value is -4.20. The first-order valence-corrected chi connectivity index (χ1v) is 11.6. The topological polar surface area (TPSA) is 20.2 Å². The zero-order valence-electron chi connectivity index (χ0n) is 18.7. The molecule has 0 heterocycles. The average Bonchev–Trinajstić information content (AvgIpc) is 2.87. The minimum Gasteiger partial charge on any atom is -0.384 e. The van der Waals surface area contributed by atoms with Crippen LogP contribution in [0.25, 0.3) is 47.6 Å². The molecule has 1 heteroatoms. The molecule has 0 amide bonds. The Morgan fingerprint density at radius 1 is 0.353 bits per heavy atom. The lowest BCUT2D eigenvalue weighted by molar-refractivity contribution is 0.290. The lowest BCUT2D eigenvalue weighted by Crippen LogP contribution is -2.12. The Balaban J connectivity index is 1.53. The van der Waals surface area contributed by atoms with Crippen molar-refractivity contribution in [3.8, 4) is 0 Å². The molecule has 34 heavy (non-hydrogen) atoms. The van der Waals surface area contributed by atoms with Gasteiger partial charge in [0.15, 0.2) is 0 Å². The van der Waals surface area contributed by atoms with E-state index in [0.29, 0.717) is 0 Å². The van der Waals surface area contributed by atoms with Crippen molar-refractivity contribution in [3.05, 3.63) is 142 Å². The van der Waals surface area contributed by atoms with Gasteiger partial charge in [0.05, 0.1) is 0 Å². The van der Waals surface area contributed by atoms with E-state index < -0.39 is 6.10 Å². The van der Waals surface area contributed by atoms with Gasteiger partial charge in [0, 0.05) is 0 Å². The molecule has 0 fully saturated rings. The van der Waals surface area contributed by atoms with Crippen molar-refractivity contribution in [1.82, 2.24) is 0 Å². The third-order valence-electron chi connectivity index (χ3n) is 6.53. The molecule has 0 unspecified atom stereocenters. The third-order valence-corrected chi connectivity index (χ3v) is 6.53. The summed E-state index contributed by atoms with van der Waals surface area (Å²) in [6.45, 7) is 0. The summed E-state index contributed by atoms with van der Waals surface area (Å²) in [4.78, 5) is 0. The van der Waals surface area contributed by atoms with E-state index in [-0.39, 0.29) is 0 Å². The van der Waals surface area contributed by atoms with E-state index in [1.807, 2.05) is 0 Å². The van der Waals surface area contributed by atoms with Gasteiger partial charge >= 0.3 is 0 Å². The van der Waals surface area contributed by atoms with Crippen LogP contribution in [0, 0.1) is 0 Å². The first-order valence-electron chi connectivity index (χ1n) is 11.6. The summed E-state index contributed by atoms with van der Waals surface area (Å²) in [6.07, 6.45) is 11.9. The fourth-order valence-corrected chi connectivity index (χ4v) is 4.53. The molecule has 1 nitrogen and oxygen atoms in total. The molecule has 8 bridgehead atoms. The van der Waals surface area contributed by atoms with E-state index in [2.05, 4.69) is 134 Å². The van der Waals surface area contributed by atoms with Crippen molar-refractivity contribution in [2.24, 2.45) is 0 Å². The van der Waals surface area contributed by atoms with Crippen LogP contribution in [-0.2, 0) is 0 Å². The fraction of sp³-hybridized carbons (Fsp3) is 0.0303. The Morgan fingerprint density at radius 2 is 0.618 bits per heavy atom. The number of aliphatic hydroxyl groups excluding tert-OH is 1. The minimum absolute atomic E-state index is 0.798. The standard InChI is InChI=1S/C33H24O/c34-33(31-21-27-9-5-23(6-10-27)1-3-25-13-17-29(31)18-14-25)32-22-28-11-7-24(8-12-28)2-4-26-15-19-30(32)20-16-26/h1-22,33-34H/b3-1-,4-2-,23-1?,24-2?,25-3?,26-4?,27-21?,28-22?,31-21+,31-29?,32-22+,32-30?. The van der Waals surface area contributed by atoms with Crippen LogP contribution < -0.4 is 0 Å². The van der Waals surface area contributed by atoms with E-state index in [1.54, 1.807) is 0 Å². The van der Waals surface area contributed by atoms with Crippen molar-refractivity contribution in [2.75, 3.05) is 0 Å². The second-order valence-corrected chi connectivity index (χ2v) is 8.85. The van der Waals surface area contributed by atoms with Gasteiger partial charge in [-0.25, -0.2) is 0 Å². The molecule has 0 spiro atoms. The average molecular weight is 437 g/mol. The SMILES string of the molecule is OC(/C1=C/c2ccc(cc2)/C=C\c2ccc1cc2)/C1=C/c2ccc(cc2)/C=C\c2ccc1cc2. The number of hydrogen-bond acceptors (Lipinski definition) is 1. The van der Waals surface area contributed by atoms with Crippen LogP contribution in [0.4, 0.5) is 0 Å². The second-order valence-electron chi connectivity index (χ2n) is 8.85. The third kappa shape index (κ3) is 4.10. The van der Waals surface area contributed by atoms with E-state index >= 15 is 0 Å². The molecule has 8 aliphatic carbocycles. The number of benzene rings is 4. The maximum absolute atomic E-state index is 11.9. The summed E-state index contributed by atoms with van der Waals surface area (Å²) in [5, 5.41) is 11.9. The monoisotopic (exact) mass is 436 g/mol. The van der Waals surface area contributed by atoms with Gasteiger partial charge in [-0.05, 0) is 67.8 Å². The van der Waals surface area contributed by atoms with E-state index in [4.69, 9.17) is 0 Å². The quantitative estimate of drug-likeness (QED) is 0.340. The molecule has 0 aliphatic heterocycles. The van der Waals surface area contributed by atoms with Gasteiger partial charge in [-0.15, -0.1) is 0 Å². The molecule has 0 saturated heterocycles. The lowest BCUT2D eigenvalue weighted by atomic mass is 9.87. The maximum atomic E-state index is 11.9. The zero-order valence-corrected chi connectivity index (χ0v) is 18.7. The number of aliphatic hydroxyl groups is 1. The Labute approximate surface area is 200 Å². The van der Waals surface area contributed by atoms with E-state index in [9.17, 15) is 5.11 Å². The predicted molar refractivity (Wildman–Crippen MR) is 145 cm³/mol. The van der Waals surface area contributed by atoms with Crippen LogP contribution in [0.3, 0.4) is 0 Å². The van der Waals surface area contributed by atoms with Crippen LogP contribution in [0.15, 0.2) is 97.1 Å². The molecule has 162 valence electrons. The Bertz CT molecular complexity index is 1330. The summed E-state index contributed by atoms with van der Waals surface area (Å²) in [6, 6.07) is 33.7. The fourth-order valence-electron chi connectivity index (χ4n) is 4.53. The smallest absolute Gasteiger partial charge is 0.105 e. The summed E-state index contributed by atoms with van der Waals surface area (Å²) < 4.78 is 0. The number of hydrogen-bond donors (Lipinski definition) is 1. The van der Waals surface area contributed by atoms with Crippen LogP contribution in [0.1, 0.15) is 44.5 Å². The number of rotatable bonds is 2. The summed E-state index contributed by atoms with van der Waals surface area (Å²) in [5.41, 5.74) is 10.5. The molecule has 4 aromatic carbocycles. The van der Waals surface area contributed by atoms with Crippen LogP contribution in [-0.4, -0.2) is 11.2 Å². The maximum Gasteiger partial charge on any atom is 0.105 e. The largest absolute Gasteiger partial charge is 0.384 e. The van der Waals surface area contributed by atoms with Gasteiger partial charge in [0.2, 0.25) is 0 Å². The molecule has 0 aromatic heterocycles. The highest BCUT2D eigenvalue weighted by Gasteiger charge is 2.20. The van der Waals surface area contributed by atoms with Crippen molar-refractivity contribution >= 4 is 47.6 Å². The van der Waals surface area contributed by atoms with Crippen LogP contribution in [0.5, 0.6) is 0 Å². The summed E-state index contributed by atoms with van der Waals surface area (Å²) in [5.74, 6) is 0. The first kappa shape index (κ1) is 20.4. The van der Waals surface area contributed by atoms with Gasteiger partial charge in [0.1, 0.15) is 6.10 Å². The van der Waals surface area contributed by atoms with Gasteiger partial charge in [-0.3, -0.25) is 0 Å². The lowest BCUT2D eigenvalue weighted by Gasteiger charge is -2.21. The molecule has 0 atom stereocenters. The predicted octanol–water partition coefficient (Wildman–Crippen LogP) is 7.80. The Morgan fingerprint density at radius 3 is 0.941 bits per heavy atom. The molecule has 0 radical (unpaired) electrons. The van der Waals surface area contributed by atoms with Crippen LogP contribution >= 0.6 is 0 Å².